The van der Waals surface area contributed by atoms with Crippen LogP contribution < -0.4 is 10.6 Å². The van der Waals surface area contributed by atoms with Gasteiger partial charge in [0.15, 0.2) is 0 Å². The fourth-order valence-corrected chi connectivity index (χ4v) is 3.11. The number of carbonyl (C=O) groups is 3. The highest BCUT2D eigenvalue weighted by atomic mass is 16.5. The number of hydrogen-bond acceptors (Lipinski definition) is 5. The largest absolute Gasteiger partial charge is 0.466 e. The lowest BCUT2D eigenvalue weighted by molar-refractivity contribution is -0.149. The Bertz CT molecular complexity index is 433. The SMILES string of the molecule is CCOC(=O)C1CCN(CC(=O)N[C@H]2CCCCNC2=O)CC1. The minimum Gasteiger partial charge on any atom is -0.466 e. The summed E-state index contributed by atoms with van der Waals surface area (Å²) < 4.78 is 5.04. The molecule has 23 heavy (non-hydrogen) atoms. The fraction of sp³-hybridized carbons (Fsp3) is 0.812. The van der Waals surface area contributed by atoms with Crippen molar-refractivity contribution in [3.8, 4) is 0 Å². The van der Waals surface area contributed by atoms with E-state index in [1.165, 1.54) is 0 Å². The molecule has 7 nitrogen and oxygen atoms in total. The Balaban J connectivity index is 1.72. The number of rotatable bonds is 5. The summed E-state index contributed by atoms with van der Waals surface area (Å²) in [5.41, 5.74) is 0. The third-order valence-electron chi connectivity index (χ3n) is 4.45. The van der Waals surface area contributed by atoms with Crippen LogP contribution >= 0.6 is 0 Å². The van der Waals surface area contributed by atoms with Crippen molar-refractivity contribution in [2.75, 3.05) is 32.8 Å². The second kappa shape index (κ2) is 8.86. The maximum Gasteiger partial charge on any atom is 0.309 e. The molecule has 7 heteroatoms. The van der Waals surface area contributed by atoms with Crippen LogP contribution in [-0.2, 0) is 19.1 Å². The average Bonchev–Trinajstić information content (AvgIpc) is 2.73. The van der Waals surface area contributed by atoms with E-state index >= 15 is 0 Å². The first-order chi connectivity index (χ1) is 11.1. The Morgan fingerprint density at radius 1 is 1.26 bits per heavy atom. The van der Waals surface area contributed by atoms with E-state index in [2.05, 4.69) is 10.6 Å². The van der Waals surface area contributed by atoms with Gasteiger partial charge in [-0.05, 0) is 52.1 Å². The van der Waals surface area contributed by atoms with E-state index < -0.39 is 6.04 Å². The van der Waals surface area contributed by atoms with Crippen LogP contribution in [0.1, 0.15) is 39.0 Å². The molecule has 2 aliphatic rings. The minimum absolute atomic E-state index is 0.0538. The Hall–Kier alpha value is -1.63. The number of likely N-dealkylation sites (tertiary alicyclic amines) is 1. The van der Waals surface area contributed by atoms with Gasteiger partial charge in [0, 0.05) is 6.54 Å². The molecule has 2 rings (SSSR count). The van der Waals surface area contributed by atoms with Gasteiger partial charge in [0.05, 0.1) is 19.1 Å². The molecule has 2 fully saturated rings. The highest BCUT2D eigenvalue weighted by Crippen LogP contribution is 2.18. The van der Waals surface area contributed by atoms with Crippen LogP contribution in [0.25, 0.3) is 0 Å². The molecule has 0 aromatic carbocycles. The van der Waals surface area contributed by atoms with E-state index in [9.17, 15) is 14.4 Å². The van der Waals surface area contributed by atoms with Crippen LogP contribution in [0.4, 0.5) is 0 Å². The number of nitrogens with one attached hydrogen (secondary N) is 2. The molecular weight excluding hydrogens is 298 g/mol. The lowest BCUT2D eigenvalue weighted by atomic mass is 9.97. The summed E-state index contributed by atoms with van der Waals surface area (Å²) in [7, 11) is 0. The van der Waals surface area contributed by atoms with Crippen molar-refractivity contribution in [3.05, 3.63) is 0 Å². The molecule has 2 aliphatic heterocycles. The van der Waals surface area contributed by atoms with Gasteiger partial charge in [0.1, 0.15) is 6.04 Å². The van der Waals surface area contributed by atoms with Crippen molar-refractivity contribution in [2.24, 2.45) is 5.92 Å². The van der Waals surface area contributed by atoms with Gasteiger partial charge in [0.2, 0.25) is 11.8 Å². The fourth-order valence-electron chi connectivity index (χ4n) is 3.11. The van der Waals surface area contributed by atoms with Gasteiger partial charge in [-0.2, -0.15) is 0 Å². The van der Waals surface area contributed by atoms with Gasteiger partial charge in [-0.3, -0.25) is 19.3 Å². The predicted octanol–water partition coefficient (Wildman–Crippen LogP) is 0.0464. The maximum atomic E-state index is 12.1. The van der Waals surface area contributed by atoms with E-state index in [0.29, 0.717) is 32.7 Å². The van der Waals surface area contributed by atoms with Crippen LogP contribution in [0, 0.1) is 5.92 Å². The van der Waals surface area contributed by atoms with Crippen LogP contribution in [0.2, 0.25) is 0 Å². The Morgan fingerprint density at radius 3 is 2.70 bits per heavy atom. The number of nitrogens with zero attached hydrogens (tertiary/aromatic N) is 1. The maximum absolute atomic E-state index is 12.1. The van der Waals surface area contributed by atoms with Crippen molar-refractivity contribution in [2.45, 2.75) is 45.1 Å². The highest BCUT2D eigenvalue weighted by molar-refractivity contribution is 5.88. The lowest BCUT2D eigenvalue weighted by Gasteiger charge is -2.30. The molecule has 1 atom stereocenters. The van der Waals surface area contributed by atoms with Gasteiger partial charge < -0.3 is 15.4 Å². The molecule has 0 aromatic heterocycles. The van der Waals surface area contributed by atoms with E-state index in [4.69, 9.17) is 4.74 Å². The van der Waals surface area contributed by atoms with Gasteiger partial charge in [0.25, 0.3) is 0 Å². The Morgan fingerprint density at radius 2 is 2.00 bits per heavy atom. The van der Waals surface area contributed by atoms with Crippen molar-refractivity contribution >= 4 is 17.8 Å². The van der Waals surface area contributed by atoms with E-state index in [1.54, 1.807) is 6.92 Å². The van der Waals surface area contributed by atoms with Gasteiger partial charge in [-0.1, -0.05) is 0 Å². The van der Waals surface area contributed by atoms with Crippen molar-refractivity contribution in [3.63, 3.8) is 0 Å². The summed E-state index contributed by atoms with van der Waals surface area (Å²) in [5.74, 6) is -0.396. The highest BCUT2D eigenvalue weighted by Gasteiger charge is 2.28. The standard InChI is InChI=1S/C16H27N3O4/c1-2-23-16(22)12-6-9-19(10-7-12)11-14(20)18-13-5-3-4-8-17-15(13)21/h12-13H,2-11H2,1H3,(H,17,21)(H,18,20)/t13-/m0/s1. The smallest absolute Gasteiger partial charge is 0.309 e. The number of hydrogen-bond donors (Lipinski definition) is 2. The number of piperidine rings is 1. The summed E-state index contributed by atoms with van der Waals surface area (Å²) in [6.07, 6.45) is 4.03. The summed E-state index contributed by atoms with van der Waals surface area (Å²) in [5, 5.41) is 5.64. The first-order valence-electron chi connectivity index (χ1n) is 8.56. The van der Waals surface area contributed by atoms with E-state index in [0.717, 1.165) is 25.7 Å². The summed E-state index contributed by atoms with van der Waals surface area (Å²) >= 11 is 0. The molecule has 0 aliphatic carbocycles. The van der Waals surface area contributed by atoms with Crippen molar-refractivity contribution in [1.29, 1.82) is 0 Å². The second-order valence-corrected chi connectivity index (χ2v) is 6.21. The van der Waals surface area contributed by atoms with Gasteiger partial charge in [-0.25, -0.2) is 0 Å². The zero-order chi connectivity index (χ0) is 16.7. The third-order valence-corrected chi connectivity index (χ3v) is 4.45. The van der Waals surface area contributed by atoms with Crippen LogP contribution in [0.15, 0.2) is 0 Å². The molecule has 0 aromatic rings. The molecule has 130 valence electrons. The molecule has 0 spiro atoms. The zero-order valence-electron chi connectivity index (χ0n) is 13.8. The second-order valence-electron chi connectivity index (χ2n) is 6.21. The zero-order valence-corrected chi connectivity index (χ0v) is 13.8. The van der Waals surface area contributed by atoms with Gasteiger partial charge in [-0.15, -0.1) is 0 Å². The molecule has 2 N–H and O–H groups in total. The van der Waals surface area contributed by atoms with Gasteiger partial charge >= 0.3 is 5.97 Å². The van der Waals surface area contributed by atoms with E-state index in [1.807, 2.05) is 4.90 Å². The van der Waals surface area contributed by atoms with Crippen LogP contribution in [0.3, 0.4) is 0 Å². The summed E-state index contributed by atoms with van der Waals surface area (Å²) in [4.78, 5) is 37.7. The first-order valence-corrected chi connectivity index (χ1v) is 8.56. The number of amides is 2. The topological polar surface area (TPSA) is 87.7 Å². The van der Waals surface area contributed by atoms with Crippen LogP contribution in [0.5, 0.6) is 0 Å². The minimum atomic E-state index is -0.415. The summed E-state index contributed by atoms with van der Waals surface area (Å²) in [6, 6.07) is -0.415. The van der Waals surface area contributed by atoms with Crippen LogP contribution in [-0.4, -0.2) is 61.5 Å². The first kappa shape index (κ1) is 17.7. The molecule has 0 unspecified atom stereocenters. The molecule has 2 saturated heterocycles. The number of esters is 1. The predicted molar refractivity (Wildman–Crippen MR) is 84.6 cm³/mol. The number of ether oxygens (including phenoxy) is 1. The molecule has 0 saturated carbocycles. The molecule has 2 heterocycles. The monoisotopic (exact) mass is 325 g/mol. The Kier molecular flexibility index (Phi) is 6.83. The molecule has 2 amide bonds. The lowest BCUT2D eigenvalue weighted by Crippen LogP contribution is -2.49. The Labute approximate surface area is 137 Å². The quantitative estimate of drug-likeness (QED) is 0.697. The van der Waals surface area contributed by atoms with E-state index in [-0.39, 0.29) is 30.2 Å². The summed E-state index contributed by atoms with van der Waals surface area (Å²) in [6.45, 7) is 4.58. The molecule has 0 bridgehead atoms. The number of carbonyl (C=O) groups excluding carboxylic acids is 3. The normalized spacial score (nSPS) is 23.7. The average molecular weight is 325 g/mol. The third kappa shape index (κ3) is 5.49. The molecular formula is C16H27N3O4. The van der Waals surface area contributed by atoms with Crippen molar-refractivity contribution < 1.29 is 19.1 Å². The van der Waals surface area contributed by atoms with Crippen molar-refractivity contribution in [1.82, 2.24) is 15.5 Å². The molecule has 0 radical (unpaired) electrons.